The molecule has 2 aromatic heterocycles. The van der Waals surface area contributed by atoms with E-state index in [0.717, 1.165) is 67.3 Å². The summed E-state index contributed by atoms with van der Waals surface area (Å²) >= 11 is 1.72. The van der Waals surface area contributed by atoms with Crippen molar-refractivity contribution in [2.45, 2.75) is 30.3 Å². The minimum absolute atomic E-state index is 0.189. The van der Waals surface area contributed by atoms with E-state index in [1.54, 1.807) is 30.2 Å². The van der Waals surface area contributed by atoms with E-state index in [2.05, 4.69) is 20.1 Å². The number of aromatic nitrogens is 4. The number of halogens is 2. The van der Waals surface area contributed by atoms with Gasteiger partial charge in [0.05, 0.1) is 0 Å². The molecule has 3 heterocycles. The third kappa shape index (κ3) is 4.11. The van der Waals surface area contributed by atoms with Crippen LogP contribution in [-0.4, -0.2) is 50.0 Å². The summed E-state index contributed by atoms with van der Waals surface area (Å²) < 4.78 is 29.4. The Kier molecular flexibility index (Phi) is 5.52. The summed E-state index contributed by atoms with van der Waals surface area (Å²) in [5.41, 5.74) is 1.84. The van der Waals surface area contributed by atoms with Crippen LogP contribution in [0.3, 0.4) is 0 Å². The Balaban J connectivity index is 1.10. The number of thioether (sulfide) groups is 1. The summed E-state index contributed by atoms with van der Waals surface area (Å²) in [4.78, 5) is 6.64. The zero-order valence-electron chi connectivity index (χ0n) is 17.5. The third-order valence-corrected chi connectivity index (χ3v) is 7.70. The topological polar surface area (TPSA) is 46.8 Å². The van der Waals surface area contributed by atoms with Crippen molar-refractivity contribution < 1.29 is 8.78 Å². The molecule has 162 valence electrons. The molecule has 0 radical (unpaired) electrons. The molecule has 2 aliphatic rings. The van der Waals surface area contributed by atoms with Crippen LogP contribution in [0, 0.1) is 17.0 Å². The molecule has 2 unspecified atom stereocenters. The van der Waals surface area contributed by atoms with Gasteiger partial charge in [-0.05, 0) is 67.4 Å². The first-order chi connectivity index (χ1) is 15.1. The van der Waals surface area contributed by atoms with Crippen molar-refractivity contribution in [2.75, 3.05) is 25.4 Å². The van der Waals surface area contributed by atoms with Crippen LogP contribution in [0.1, 0.15) is 30.7 Å². The first kappa shape index (κ1) is 20.6. The summed E-state index contributed by atoms with van der Waals surface area (Å²) in [5.74, 6) is 1.13. The molecule has 2 atom stereocenters. The predicted octanol–water partition coefficient (Wildman–Crippen LogP) is 4.52. The van der Waals surface area contributed by atoms with E-state index in [0.29, 0.717) is 5.56 Å². The third-order valence-electron chi connectivity index (χ3n) is 6.60. The molecule has 1 spiro atoms. The van der Waals surface area contributed by atoms with E-state index in [1.807, 2.05) is 23.7 Å². The van der Waals surface area contributed by atoms with Gasteiger partial charge in [-0.3, -0.25) is 4.98 Å². The Labute approximate surface area is 184 Å². The predicted molar refractivity (Wildman–Crippen MR) is 117 cm³/mol. The van der Waals surface area contributed by atoms with Gasteiger partial charge in [0.1, 0.15) is 11.6 Å². The van der Waals surface area contributed by atoms with Crippen LogP contribution in [0.25, 0.3) is 11.4 Å². The lowest BCUT2D eigenvalue weighted by molar-refractivity contribution is 0.319. The monoisotopic (exact) mass is 441 g/mol. The minimum atomic E-state index is -0.503. The molecule has 0 N–H and O–H groups in total. The summed E-state index contributed by atoms with van der Waals surface area (Å²) in [6.45, 7) is 3.09. The highest BCUT2D eigenvalue weighted by atomic mass is 32.2. The van der Waals surface area contributed by atoms with Gasteiger partial charge in [-0.25, -0.2) is 8.78 Å². The van der Waals surface area contributed by atoms with Gasteiger partial charge in [0.25, 0.3) is 0 Å². The minimum Gasteiger partial charge on any atom is -0.305 e. The highest BCUT2D eigenvalue weighted by Gasteiger charge is 2.58. The molecule has 1 aliphatic carbocycles. The maximum absolute atomic E-state index is 14.2. The molecule has 1 saturated carbocycles. The molecule has 5 rings (SSSR count). The Morgan fingerprint density at radius 2 is 2.13 bits per heavy atom. The largest absolute Gasteiger partial charge is 0.305 e. The van der Waals surface area contributed by atoms with E-state index in [4.69, 9.17) is 0 Å². The van der Waals surface area contributed by atoms with Gasteiger partial charge in [0.15, 0.2) is 11.0 Å². The number of nitrogens with zero attached hydrogens (tertiary/aromatic N) is 5. The van der Waals surface area contributed by atoms with Crippen molar-refractivity contribution in [1.29, 1.82) is 0 Å². The van der Waals surface area contributed by atoms with Crippen molar-refractivity contribution in [3.05, 3.63) is 59.9 Å². The van der Waals surface area contributed by atoms with Crippen LogP contribution in [0.2, 0.25) is 0 Å². The van der Waals surface area contributed by atoms with Crippen LogP contribution in [0.5, 0.6) is 0 Å². The van der Waals surface area contributed by atoms with Gasteiger partial charge in [-0.15, -0.1) is 10.2 Å². The lowest BCUT2D eigenvalue weighted by Crippen LogP contribution is -2.23. The molecule has 0 amide bonds. The molecule has 8 heteroatoms. The Morgan fingerprint density at radius 3 is 2.94 bits per heavy atom. The Bertz CT molecular complexity index is 1070. The Morgan fingerprint density at radius 1 is 1.23 bits per heavy atom. The van der Waals surface area contributed by atoms with Gasteiger partial charge in [0, 0.05) is 43.4 Å². The molecule has 3 aromatic rings. The van der Waals surface area contributed by atoms with E-state index >= 15 is 0 Å². The van der Waals surface area contributed by atoms with Gasteiger partial charge < -0.3 is 9.47 Å². The van der Waals surface area contributed by atoms with Crippen LogP contribution in [0.15, 0.2) is 47.9 Å². The number of hydrogen-bond acceptors (Lipinski definition) is 5. The standard InChI is InChI=1S/C23H25F2N5S/c1-29-21(16-4-2-8-26-14-16)27-28-22(29)31-11-3-9-30-10-7-23(15-30)13-19(23)18-6-5-17(24)12-20(18)25/h2,4-6,8,12,14,19H,3,7,9-11,13,15H2,1H3. The fraction of sp³-hybridized carbons (Fsp3) is 0.435. The lowest BCUT2D eigenvalue weighted by atomic mass is 9.98. The number of pyridine rings is 1. The van der Waals surface area contributed by atoms with Crippen molar-refractivity contribution in [1.82, 2.24) is 24.6 Å². The normalized spacial score (nSPS) is 23.0. The summed E-state index contributed by atoms with van der Waals surface area (Å²) in [7, 11) is 1.98. The lowest BCUT2D eigenvalue weighted by Gasteiger charge is -2.16. The van der Waals surface area contributed by atoms with Gasteiger partial charge in [-0.1, -0.05) is 17.8 Å². The fourth-order valence-electron chi connectivity index (χ4n) is 4.84. The van der Waals surface area contributed by atoms with Crippen LogP contribution < -0.4 is 0 Å². The second kappa shape index (κ2) is 8.31. The van der Waals surface area contributed by atoms with Crippen LogP contribution in [-0.2, 0) is 7.05 Å². The van der Waals surface area contributed by atoms with Crippen molar-refractivity contribution in [2.24, 2.45) is 12.5 Å². The van der Waals surface area contributed by atoms with Crippen molar-refractivity contribution in [3.63, 3.8) is 0 Å². The van der Waals surface area contributed by atoms with E-state index in [1.165, 1.54) is 6.07 Å². The molecular formula is C23H25F2N5S. The average Bonchev–Trinajstić information content (AvgIpc) is 3.10. The molecule has 5 nitrogen and oxygen atoms in total. The summed E-state index contributed by atoms with van der Waals surface area (Å²) in [6, 6.07) is 7.90. The zero-order valence-corrected chi connectivity index (χ0v) is 18.3. The molecule has 1 saturated heterocycles. The average molecular weight is 442 g/mol. The van der Waals surface area contributed by atoms with E-state index < -0.39 is 11.6 Å². The molecule has 0 bridgehead atoms. The number of rotatable bonds is 7. The number of hydrogen-bond donors (Lipinski definition) is 0. The fourth-order valence-corrected chi connectivity index (χ4v) is 5.67. The van der Waals surface area contributed by atoms with Gasteiger partial charge in [0.2, 0.25) is 0 Å². The molecule has 2 fully saturated rings. The van der Waals surface area contributed by atoms with E-state index in [-0.39, 0.29) is 11.3 Å². The SMILES string of the molecule is Cn1c(SCCCN2CCC3(CC3c3ccc(F)cc3F)C2)nnc1-c1cccnc1. The molecule has 1 aliphatic heterocycles. The van der Waals surface area contributed by atoms with Crippen LogP contribution in [0.4, 0.5) is 8.78 Å². The van der Waals surface area contributed by atoms with E-state index in [9.17, 15) is 8.78 Å². The molecular weight excluding hydrogens is 416 g/mol. The zero-order chi connectivity index (χ0) is 21.4. The first-order valence-corrected chi connectivity index (χ1v) is 11.6. The maximum Gasteiger partial charge on any atom is 0.191 e. The van der Waals surface area contributed by atoms with Gasteiger partial charge >= 0.3 is 0 Å². The van der Waals surface area contributed by atoms with Crippen molar-refractivity contribution >= 4 is 11.8 Å². The summed E-state index contributed by atoms with van der Waals surface area (Å²) in [6.07, 6.45) is 6.71. The van der Waals surface area contributed by atoms with Crippen LogP contribution >= 0.6 is 11.8 Å². The van der Waals surface area contributed by atoms with Gasteiger partial charge in [-0.2, -0.15) is 0 Å². The Hall–Kier alpha value is -2.32. The second-order valence-corrected chi connectivity index (χ2v) is 9.68. The molecule has 31 heavy (non-hydrogen) atoms. The number of likely N-dealkylation sites (tertiary alicyclic amines) is 1. The quantitative estimate of drug-likeness (QED) is 0.399. The second-order valence-electron chi connectivity index (χ2n) is 8.62. The highest BCUT2D eigenvalue weighted by molar-refractivity contribution is 7.99. The molecule has 1 aromatic carbocycles. The highest BCUT2D eigenvalue weighted by Crippen LogP contribution is 2.64. The first-order valence-electron chi connectivity index (χ1n) is 10.7. The number of benzene rings is 1. The summed E-state index contributed by atoms with van der Waals surface area (Å²) in [5, 5.41) is 9.54. The van der Waals surface area contributed by atoms with Crippen molar-refractivity contribution in [3.8, 4) is 11.4 Å². The smallest absolute Gasteiger partial charge is 0.191 e. The maximum atomic E-state index is 14.2.